The Kier molecular flexibility index (Phi) is 5.29. The van der Waals surface area contributed by atoms with E-state index in [4.69, 9.17) is 4.74 Å². The van der Waals surface area contributed by atoms with E-state index in [-0.39, 0.29) is 11.5 Å². The quantitative estimate of drug-likeness (QED) is 0.821. The summed E-state index contributed by atoms with van der Waals surface area (Å²) in [7, 11) is 0. The molecule has 128 valence electrons. The molecule has 1 aliphatic carbocycles. The van der Waals surface area contributed by atoms with E-state index in [1.54, 1.807) is 12.4 Å². The third-order valence-corrected chi connectivity index (χ3v) is 5.12. The second kappa shape index (κ2) is 7.43. The number of hydrogen-bond acceptors (Lipinski definition) is 4. The first-order chi connectivity index (χ1) is 11.6. The van der Waals surface area contributed by atoms with Crippen molar-refractivity contribution >= 4 is 0 Å². The third-order valence-electron chi connectivity index (χ3n) is 5.12. The minimum absolute atomic E-state index is 0.0622. The number of ether oxygens (including phenoxy) is 1. The largest absolute Gasteiger partial charge is 0.387 e. The van der Waals surface area contributed by atoms with E-state index in [9.17, 15) is 5.11 Å². The molecule has 1 aliphatic rings. The van der Waals surface area contributed by atoms with Gasteiger partial charge in [-0.3, -0.25) is 4.98 Å². The summed E-state index contributed by atoms with van der Waals surface area (Å²) in [6.07, 6.45) is 4.13. The average Bonchev–Trinajstić information content (AvgIpc) is 2.61. The van der Waals surface area contributed by atoms with E-state index < -0.39 is 6.10 Å². The molecule has 3 atom stereocenters. The Labute approximate surface area is 143 Å². The topological polar surface area (TPSA) is 54.4 Å². The van der Waals surface area contributed by atoms with Gasteiger partial charge in [-0.2, -0.15) is 0 Å². The van der Waals surface area contributed by atoms with Crippen molar-refractivity contribution in [2.75, 3.05) is 6.54 Å². The lowest BCUT2D eigenvalue weighted by Gasteiger charge is -2.52. The minimum Gasteiger partial charge on any atom is -0.387 e. The first kappa shape index (κ1) is 17.1. The summed E-state index contributed by atoms with van der Waals surface area (Å²) in [4.78, 5) is 3.98. The molecule has 1 fully saturated rings. The van der Waals surface area contributed by atoms with Gasteiger partial charge in [0.15, 0.2) is 0 Å². The summed E-state index contributed by atoms with van der Waals surface area (Å²) in [5.74, 6) is 0. The number of nitrogens with one attached hydrogen (secondary N) is 1. The van der Waals surface area contributed by atoms with Crippen LogP contribution in [0.5, 0.6) is 0 Å². The molecule has 2 aromatic rings. The van der Waals surface area contributed by atoms with Gasteiger partial charge in [-0.05, 0) is 29.7 Å². The predicted molar refractivity (Wildman–Crippen MR) is 94.4 cm³/mol. The van der Waals surface area contributed by atoms with Gasteiger partial charge in [0.1, 0.15) is 0 Å². The van der Waals surface area contributed by atoms with Crippen LogP contribution in [0.2, 0.25) is 0 Å². The van der Waals surface area contributed by atoms with Gasteiger partial charge in [0.05, 0.1) is 18.8 Å². The highest BCUT2D eigenvalue weighted by molar-refractivity contribution is 5.15. The molecule has 2 N–H and O–H groups in total. The number of nitrogens with zero attached hydrogens (tertiary/aromatic N) is 1. The lowest BCUT2D eigenvalue weighted by atomic mass is 9.64. The smallest absolute Gasteiger partial charge is 0.0915 e. The van der Waals surface area contributed by atoms with Gasteiger partial charge in [-0.15, -0.1) is 0 Å². The Bertz CT molecular complexity index is 631. The molecule has 1 heterocycles. The zero-order chi connectivity index (χ0) is 17.0. The number of aliphatic hydroxyl groups is 1. The van der Waals surface area contributed by atoms with E-state index in [1.807, 2.05) is 30.3 Å². The fraction of sp³-hybridized carbons (Fsp3) is 0.450. The molecule has 4 heteroatoms. The van der Waals surface area contributed by atoms with Crippen LogP contribution in [0.15, 0.2) is 54.9 Å². The SMILES string of the molecule is CC1(C)C(NCC(O)c2ccncc2)CC1OCc1ccccc1. The maximum absolute atomic E-state index is 10.3. The van der Waals surface area contributed by atoms with Crippen LogP contribution in [0, 0.1) is 5.41 Å². The van der Waals surface area contributed by atoms with Crippen LogP contribution in [-0.4, -0.2) is 28.8 Å². The molecule has 0 amide bonds. The number of aromatic nitrogens is 1. The molecule has 0 aliphatic heterocycles. The van der Waals surface area contributed by atoms with Crippen molar-refractivity contribution in [1.29, 1.82) is 0 Å². The lowest BCUT2D eigenvalue weighted by Crippen LogP contribution is -2.61. The summed E-state index contributed by atoms with van der Waals surface area (Å²) in [5.41, 5.74) is 2.16. The van der Waals surface area contributed by atoms with Crippen molar-refractivity contribution in [3.63, 3.8) is 0 Å². The molecule has 1 aromatic heterocycles. The first-order valence-electron chi connectivity index (χ1n) is 8.54. The van der Waals surface area contributed by atoms with Gasteiger partial charge in [-0.25, -0.2) is 0 Å². The monoisotopic (exact) mass is 326 g/mol. The number of hydrogen-bond donors (Lipinski definition) is 2. The lowest BCUT2D eigenvalue weighted by molar-refractivity contribution is -0.126. The van der Waals surface area contributed by atoms with Gasteiger partial charge in [-0.1, -0.05) is 44.2 Å². The summed E-state index contributed by atoms with van der Waals surface area (Å²) in [6.45, 7) is 5.65. The van der Waals surface area contributed by atoms with Crippen molar-refractivity contribution in [3.05, 3.63) is 66.0 Å². The van der Waals surface area contributed by atoms with Crippen LogP contribution in [0.1, 0.15) is 37.5 Å². The molecule has 0 bridgehead atoms. The van der Waals surface area contributed by atoms with Crippen molar-refractivity contribution in [2.45, 2.75) is 45.1 Å². The number of rotatable bonds is 7. The highest BCUT2D eigenvalue weighted by Gasteiger charge is 2.48. The highest BCUT2D eigenvalue weighted by Crippen LogP contribution is 2.43. The van der Waals surface area contributed by atoms with Crippen molar-refractivity contribution < 1.29 is 9.84 Å². The van der Waals surface area contributed by atoms with Gasteiger partial charge in [0, 0.05) is 30.4 Å². The average molecular weight is 326 g/mol. The van der Waals surface area contributed by atoms with Crippen LogP contribution >= 0.6 is 0 Å². The normalized spacial score (nSPS) is 23.5. The Morgan fingerprint density at radius 2 is 1.92 bits per heavy atom. The molecule has 1 saturated carbocycles. The molecule has 4 nitrogen and oxygen atoms in total. The van der Waals surface area contributed by atoms with Gasteiger partial charge < -0.3 is 15.2 Å². The van der Waals surface area contributed by atoms with Crippen LogP contribution in [-0.2, 0) is 11.3 Å². The number of aliphatic hydroxyl groups excluding tert-OH is 1. The van der Waals surface area contributed by atoms with E-state index in [0.717, 1.165) is 12.0 Å². The van der Waals surface area contributed by atoms with Crippen molar-refractivity contribution in [1.82, 2.24) is 10.3 Å². The molecule has 0 radical (unpaired) electrons. The van der Waals surface area contributed by atoms with E-state index in [0.29, 0.717) is 19.2 Å². The summed E-state index contributed by atoms with van der Waals surface area (Å²) in [6, 6.07) is 14.3. The van der Waals surface area contributed by atoms with Gasteiger partial charge in [0.25, 0.3) is 0 Å². The fourth-order valence-electron chi connectivity index (χ4n) is 3.24. The molecular formula is C20H26N2O2. The molecule has 1 aromatic carbocycles. The van der Waals surface area contributed by atoms with E-state index in [2.05, 4.69) is 36.3 Å². The second-order valence-corrected chi connectivity index (χ2v) is 7.10. The minimum atomic E-state index is -0.506. The van der Waals surface area contributed by atoms with Crippen LogP contribution in [0.25, 0.3) is 0 Å². The molecule has 0 saturated heterocycles. The van der Waals surface area contributed by atoms with Crippen molar-refractivity contribution in [3.8, 4) is 0 Å². The zero-order valence-corrected chi connectivity index (χ0v) is 14.4. The predicted octanol–water partition coefficient (Wildman–Crippen LogP) is 3.09. The third kappa shape index (κ3) is 3.83. The Morgan fingerprint density at radius 1 is 1.21 bits per heavy atom. The van der Waals surface area contributed by atoms with Crippen molar-refractivity contribution in [2.24, 2.45) is 5.41 Å². The Hall–Kier alpha value is -1.75. The Balaban J connectivity index is 1.45. The molecule has 3 unspecified atom stereocenters. The Morgan fingerprint density at radius 3 is 2.58 bits per heavy atom. The molecule has 0 spiro atoms. The highest BCUT2D eigenvalue weighted by atomic mass is 16.5. The fourth-order valence-corrected chi connectivity index (χ4v) is 3.24. The molecule has 3 rings (SSSR count). The first-order valence-corrected chi connectivity index (χ1v) is 8.54. The summed E-state index contributed by atoms with van der Waals surface area (Å²) in [5, 5.41) is 13.7. The number of pyridine rings is 1. The maximum atomic E-state index is 10.3. The van der Waals surface area contributed by atoms with E-state index >= 15 is 0 Å². The standard InChI is InChI=1S/C20H26N2O2/c1-20(2)18(22-13-17(23)16-8-10-21-11-9-16)12-19(20)24-14-15-6-4-3-5-7-15/h3-11,17-19,22-23H,12-14H2,1-2H3. The zero-order valence-electron chi connectivity index (χ0n) is 14.4. The summed E-state index contributed by atoms with van der Waals surface area (Å²) < 4.78 is 6.09. The van der Waals surface area contributed by atoms with Gasteiger partial charge in [0.2, 0.25) is 0 Å². The summed E-state index contributed by atoms with van der Waals surface area (Å²) >= 11 is 0. The van der Waals surface area contributed by atoms with Crippen LogP contribution in [0.4, 0.5) is 0 Å². The molecule has 24 heavy (non-hydrogen) atoms. The maximum Gasteiger partial charge on any atom is 0.0915 e. The second-order valence-electron chi connectivity index (χ2n) is 7.10. The molecular weight excluding hydrogens is 300 g/mol. The van der Waals surface area contributed by atoms with Crippen LogP contribution < -0.4 is 5.32 Å². The van der Waals surface area contributed by atoms with Crippen LogP contribution in [0.3, 0.4) is 0 Å². The van der Waals surface area contributed by atoms with Gasteiger partial charge >= 0.3 is 0 Å². The number of benzene rings is 1. The van der Waals surface area contributed by atoms with E-state index in [1.165, 1.54) is 5.56 Å².